The first-order valence-electron chi connectivity index (χ1n) is 7.28. The molecule has 0 amide bonds. The van der Waals surface area contributed by atoms with Gasteiger partial charge in [0.25, 0.3) is 0 Å². The number of hydrogen-bond donors (Lipinski definition) is 0. The van der Waals surface area contributed by atoms with E-state index in [1.165, 1.54) is 0 Å². The van der Waals surface area contributed by atoms with Gasteiger partial charge in [-0.15, -0.1) is 0 Å². The zero-order chi connectivity index (χ0) is 9.93. The van der Waals surface area contributed by atoms with Gasteiger partial charge in [-0.25, -0.2) is 0 Å². The molecule has 15 heavy (non-hydrogen) atoms. The molecule has 4 fully saturated rings. The summed E-state index contributed by atoms with van der Waals surface area (Å²) in [7, 11) is 1.65. The van der Waals surface area contributed by atoms with E-state index in [-0.39, 0.29) is 0 Å². The van der Waals surface area contributed by atoms with Gasteiger partial charge in [-0.1, -0.05) is 74.8 Å². The Kier molecular flexibility index (Phi) is 1.73. The second kappa shape index (κ2) is 2.84. The summed E-state index contributed by atoms with van der Waals surface area (Å²) >= 11 is 0. The van der Waals surface area contributed by atoms with Gasteiger partial charge < -0.3 is 0 Å². The van der Waals surface area contributed by atoms with Crippen LogP contribution < -0.4 is 0 Å². The normalized spacial score (nSPS) is 56.5. The van der Waals surface area contributed by atoms with Gasteiger partial charge in [0.05, 0.1) is 0 Å². The van der Waals surface area contributed by atoms with E-state index < -0.39 is 0 Å². The number of fused-ring (bicyclic) bond motifs is 4. The zero-order valence-electron chi connectivity index (χ0n) is 9.93. The Morgan fingerprint density at radius 3 is 1.33 bits per heavy atom. The van der Waals surface area contributed by atoms with E-state index in [2.05, 4.69) is 0 Å². The summed E-state index contributed by atoms with van der Waals surface area (Å²) in [6, 6.07) is 0. The maximum absolute atomic E-state index is 1.65. The molecule has 4 saturated carbocycles. The average molecular weight is 202 g/mol. The minimum absolute atomic E-state index is 0.865. The Balaban J connectivity index is 1.55. The highest BCUT2D eigenvalue weighted by molar-refractivity contribution is 6.44. The predicted molar refractivity (Wildman–Crippen MR) is 65.7 cm³/mol. The highest BCUT2D eigenvalue weighted by Crippen LogP contribution is 2.67. The second-order valence-corrected chi connectivity index (χ2v) is 7.47. The quantitative estimate of drug-likeness (QED) is 0.595. The summed E-state index contributed by atoms with van der Waals surface area (Å²) in [5.74, 6) is 2.31. The molecule has 0 aromatic rings. The molecule has 0 N–H and O–H groups in total. The monoisotopic (exact) mass is 202 g/mol. The first-order valence-corrected chi connectivity index (χ1v) is 7.28. The lowest BCUT2D eigenvalue weighted by Crippen LogP contribution is -2.26. The molecule has 0 spiro atoms. The van der Waals surface area contributed by atoms with Crippen LogP contribution >= 0.6 is 0 Å². The average Bonchev–Trinajstić information content (AvgIpc) is 2.95. The summed E-state index contributed by atoms with van der Waals surface area (Å²) in [5, 5.41) is 1.73. The molecule has 0 heterocycles. The van der Waals surface area contributed by atoms with Crippen molar-refractivity contribution in [3.8, 4) is 0 Å². The highest BCUT2D eigenvalue weighted by Gasteiger charge is 2.53. The van der Waals surface area contributed by atoms with E-state index in [1.807, 2.05) is 0 Å². The maximum atomic E-state index is 1.65. The van der Waals surface area contributed by atoms with E-state index in [1.54, 1.807) is 71.5 Å². The van der Waals surface area contributed by atoms with Crippen molar-refractivity contribution in [3.05, 3.63) is 0 Å². The molecule has 4 rings (SSSR count). The SMILES string of the molecule is B(C12CCC(CC1)C2)C12CCC(CC1)C2. The van der Waals surface area contributed by atoms with Gasteiger partial charge >= 0.3 is 0 Å². The van der Waals surface area contributed by atoms with E-state index in [0.29, 0.717) is 0 Å². The fourth-order valence-electron chi connectivity index (χ4n) is 5.91. The van der Waals surface area contributed by atoms with Crippen LogP contribution in [0.1, 0.15) is 64.2 Å². The Hall–Kier alpha value is 0.0649. The largest absolute Gasteiger partial charge is 0.135 e. The van der Waals surface area contributed by atoms with E-state index in [0.717, 1.165) is 22.5 Å². The van der Waals surface area contributed by atoms with E-state index >= 15 is 0 Å². The van der Waals surface area contributed by atoms with Crippen LogP contribution in [0.3, 0.4) is 0 Å². The maximum Gasteiger partial charge on any atom is 0.135 e. The van der Waals surface area contributed by atoms with Gasteiger partial charge in [0.1, 0.15) is 7.28 Å². The van der Waals surface area contributed by atoms with Crippen molar-refractivity contribution in [2.24, 2.45) is 11.8 Å². The summed E-state index contributed by atoms with van der Waals surface area (Å²) in [6.45, 7) is 0. The molecule has 82 valence electrons. The van der Waals surface area contributed by atoms with Crippen molar-refractivity contribution in [1.29, 1.82) is 0 Å². The van der Waals surface area contributed by atoms with Gasteiger partial charge in [0, 0.05) is 0 Å². The van der Waals surface area contributed by atoms with Crippen LogP contribution in [0.2, 0.25) is 10.6 Å². The van der Waals surface area contributed by atoms with Gasteiger partial charge in [-0.2, -0.15) is 0 Å². The van der Waals surface area contributed by atoms with Gasteiger partial charge in [-0.3, -0.25) is 0 Å². The molecule has 4 aliphatic rings. The molecule has 4 aliphatic carbocycles. The minimum atomic E-state index is 0.865. The van der Waals surface area contributed by atoms with Crippen LogP contribution in [0.15, 0.2) is 0 Å². The Morgan fingerprint density at radius 1 is 0.667 bits per heavy atom. The van der Waals surface area contributed by atoms with Crippen molar-refractivity contribution in [2.45, 2.75) is 74.8 Å². The van der Waals surface area contributed by atoms with Crippen molar-refractivity contribution < 1.29 is 0 Å². The predicted octanol–water partition coefficient (Wildman–Crippen LogP) is 3.93. The highest BCUT2D eigenvalue weighted by atomic mass is 14.5. The molecular weight excluding hydrogens is 179 g/mol. The van der Waals surface area contributed by atoms with Crippen molar-refractivity contribution in [3.63, 3.8) is 0 Å². The smallest absolute Gasteiger partial charge is 0.0542 e. The van der Waals surface area contributed by atoms with Gasteiger partial charge in [-0.05, 0) is 11.8 Å². The van der Waals surface area contributed by atoms with Crippen LogP contribution in [0.4, 0.5) is 0 Å². The molecule has 0 atom stereocenters. The summed E-state index contributed by atoms with van der Waals surface area (Å²) < 4.78 is 0. The van der Waals surface area contributed by atoms with Crippen LogP contribution in [-0.2, 0) is 0 Å². The molecule has 0 nitrogen and oxygen atoms in total. The molecule has 1 heteroatoms. The summed E-state index contributed by atoms with van der Waals surface area (Å²) in [5.41, 5.74) is 0. The van der Waals surface area contributed by atoms with Crippen molar-refractivity contribution in [2.75, 3.05) is 0 Å². The molecule has 4 bridgehead atoms. The molecule has 0 unspecified atom stereocenters. The van der Waals surface area contributed by atoms with E-state index in [9.17, 15) is 0 Å². The van der Waals surface area contributed by atoms with Crippen LogP contribution in [0.25, 0.3) is 0 Å². The third-order valence-electron chi connectivity index (χ3n) is 6.53. The Labute approximate surface area is 94.4 Å². The third-order valence-corrected chi connectivity index (χ3v) is 6.53. The molecule has 0 aromatic heterocycles. The Bertz CT molecular complexity index is 239. The number of rotatable bonds is 2. The first kappa shape index (κ1) is 9.13. The topological polar surface area (TPSA) is 0 Å². The molecule has 0 aliphatic heterocycles. The molecule has 0 aromatic carbocycles. The van der Waals surface area contributed by atoms with Crippen LogP contribution in [0.5, 0.6) is 0 Å². The second-order valence-electron chi connectivity index (χ2n) is 7.47. The Morgan fingerprint density at radius 2 is 1.07 bits per heavy atom. The van der Waals surface area contributed by atoms with Gasteiger partial charge in [0.2, 0.25) is 0 Å². The standard InChI is InChI=1S/C14H23B/c1-5-13(6-2-11(1)9-13)15-14-7-3-12(10-14)4-8-14/h11-12,15H,1-10H2. The molecular formula is C14H23B. The van der Waals surface area contributed by atoms with Crippen molar-refractivity contribution in [1.82, 2.24) is 0 Å². The summed E-state index contributed by atoms with van der Waals surface area (Å²) in [4.78, 5) is 0. The summed E-state index contributed by atoms with van der Waals surface area (Å²) in [6.07, 6.45) is 16.0. The van der Waals surface area contributed by atoms with Crippen LogP contribution in [-0.4, -0.2) is 7.28 Å². The lowest BCUT2D eigenvalue weighted by molar-refractivity contribution is 0.456. The third kappa shape index (κ3) is 1.28. The fourth-order valence-corrected chi connectivity index (χ4v) is 5.91. The van der Waals surface area contributed by atoms with E-state index in [4.69, 9.17) is 0 Å². The number of hydrogen-bond acceptors (Lipinski definition) is 0. The fraction of sp³-hybridized carbons (Fsp3) is 1.00. The van der Waals surface area contributed by atoms with Crippen molar-refractivity contribution >= 4 is 7.28 Å². The lowest BCUT2D eigenvalue weighted by Gasteiger charge is -2.36. The molecule has 0 saturated heterocycles. The first-order chi connectivity index (χ1) is 7.28. The minimum Gasteiger partial charge on any atom is -0.0542 e. The van der Waals surface area contributed by atoms with Crippen LogP contribution in [0, 0.1) is 11.8 Å². The molecule has 0 radical (unpaired) electrons. The lowest BCUT2D eigenvalue weighted by atomic mass is 9.37. The zero-order valence-corrected chi connectivity index (χ0v) is 9.93. The van der Waals surface area contributed by atoms with Gasteiger partial charge in [0.15, 0.2) is 0 Å².